The van der Waals surface area contributed by atoms with E-state index in [1.807, 2.05) is 0 Å². The molecule has 0 bridgehead atoms. The van der Waals surface area contributed by atoms with Gasteiger partial charge in [0.15, 0.2) is 0 Å². The second-order valence-electron chi connectivity index (χ2n) is 5.20. The summed E-state index contributed by atoms with van der Waals surface area (Å²) in [6.45, 7) is 3.53. The molecule has 2 aromatic rings. The SMILES string of the molecule is CC(C)OC(=O)c1ccc(NC(=O)CSc2nncc(=O)n2N)cc1. The summed E-state index contributed by atoms with van der Waals surface area (Å²) >= 11 is 0.982. The number of ether oxygens (including phenoxy) is 1. The molecule has 2 rings (SSSR count). The number of hydrogen-bond acceptors (Lipinski definition) is 8. The van der Waals surface area contributed by atoms with Gasteiger partial charge in [-0.3, -0.25) is 9.59 Å². The molecule has 9 nitrogen and oxygen atoms in total. The maximum Gasteiger partial charge on any atom is 0.338 e. The summed E-state index contributed by atoms with van der Waals surface area (Å²) < 4.78 is 5.90. The third kappa shape index (κ3) is 5.31. The lowest BCUT2D eigenvalue weighted by atomic mass is 10.2. The van der Waals surface area contributed by atoms with Crippen LogP contribution in [-0.4, -0.2) is 38.6 Å². The first kappa shape index (κ1) is 18.5. The molecule has 3 N–H and O–H groups in total. The molecule has 0 radical (unpaired) electrons. The molecule has 0 atom stereocenters. The zero-order chi connectivity index (χ0) is 18.4. The predicted molar refractivity (Wildman–Crippen MR) is 92.8 cm³/mol. The van der Waals surface area contributed by atoms with Crippen LogP contribution in [0.2, 0.25) is 0 Å². The number of rotatable bonds is 6. The smallest absolute Gasteiger partial charge is 0.338 e. The molecule has 10 heteroatoms. The number of nitrogens with zero attached hydrogens (tertiary/aromatic N) is 3. The van der Waals surface area contributed by atoms with E-state index in [4.69, 9.17) is 10.6 Å². The largest absolute Gasteiger partial charge is 0.459 e. The van der Waals surface area contributed by atoms with Crippen molar-refractivity contribution < 1.29 is 14.3 Å². The minimum Gasteiger partial charge on any atom is -0.459 e. The Hall–Kier alpha value is -2.88. The summed E-state index contributed by atoms with van der Waals surface area (Å²) in [5.41, 5.74) is 0.408. The second kappa shape index (κ2) is 8.29. The summed E-state index contributed by atoms with van der Waals surface area (Å²) in [5, 5.41) is 9.98. The number of nitrogens with one attached hydrogen (secondary N) is 1. The van der Waals surface area contributed by atoms with Crippen molar-refractivity contribution in [3.05, 3.63) is 46.4 Å². The molecule has 1 aromatic carbocycles. The number of esters is 1. The van der Waals surface area contributed by atoms with Gasteiger partial charge in [-0.15, -0.1) is 5.10 Å². The van der Waals surface area contributed by atoms with E-state index in [0.717, 1.165) is 22.6 Å². The summed E-state index contributed by atoms with van der Waals surface area (Å²) in [5.74, 6) is 4.76. The van der Waals surface area contributed by atoms with E-state index in [1.165, 1.54) is 0 Å². The van der Waals surface area contributed by atoms with E-state index in [1.54, 1.807) is 38.1 Å². The first-order valence-corrected chi connectivity index (χ1v) is 8.29. The average Bonchev–Trinajstić information content (AvgIpc) is 2.56. The fraction of sp³-hybridized carbons (Fsp3) is 0.267. The fourth-order valence-corrected chi connectivity index (χ4v) is 2.40. The van der Waals surface area contributed by atoms with E-state index in [9.17, 15) is 14.4 Å². The third-order valence-corrected chi connectivity index (χ3v) is 3.78. The van der Waals surface area contributed by atoms with Crippen molar-refractivity contribution in [1.82, 2.24) is 14.9 Å². The number of nitrogen functional groups attached to an aromatic ring is 1. The lowest BCUT2D eigenvalue weighted by molar-refractivity contribution is -0.113. The molecule has 0 saturated heterocycles. The Kier molecular flexibility index (Phi) is 6.12. The zero-order valence-electron chi connectivity index (χ0n) is 13.6. The maximum atomic E-state index is 11.9. The third-order valence-electron chi connectivity index (χ3n) is 2.83. The standard InChI is InChI=1S/C15H17N5O4S/c1-9(2)24-14(23)10-3-5-11(6-4-10)18-12(21)8-25-15-19-17-7-13(22)20(15)16/h3-7,9H,8,16H2,1-2H3,(H,18,21). The highest BCUT2D eigenvalue weighted by molar-refractivity contribution is 7.99. The van der Waals surface area contributed by atoms with Gasteiger partial charge in [0.25, 0.3) is 5.56 Å². The topological polar surface area (TPSA) is 129 Å². The molecule has 132 valence electrons. The lowest BCUT2D eigenvalue weighted by Gasteiger charge is -2.09. The Labute approximate surface area is 147 Å². The highest BCUT2D eigenvalue weighted by Gasteiger charge is 2.11. The molecule has 0 spiro atoms. The fourth-order valence-electron chi connectivity index (χ4n) is 1.73. The van der Waals surface area contributed by atoms with Crippen LogP contribution in [0.3, 0.4) is 0 Å². The van der Waals surface area contributed by atoms with E-state index >= 15 is 0 Å². The monoisotopic (exact) mass is 363 g/mol. The number of aromatic nitrogens is 3. The van der Waals surface area contributed by atoms with Crippen LogP contribution in [0, 0.1) is 0 Å². The van der Waals surface area contributed by atoms with Gasteiger partial charge < -0.3 is 15.9 Å². The van der Waals surface area contributed by atoms with E-state index in [0.29, 0.717) is 11.3 Å². The van der Waals surface area contributed by atoms with Gasteiger partial charge >= 0.3 is 5.97 Å². The molecular weight excluding hydrogens is 346 g/mol. The number of anilines is 1. The normalized spacial score (nSPS) is 10.5. The number of thioether (sulfide) groups is 1. The first-order valence-electron chi connectivity index (χ1n) is 7.30. The van der Waals surface area contributed by atoms with Crippen molar-refractivity contribution in [3.8, 4) is 0 Å². The van der Waals surface area contributed by atoms with Crippen molar-refractivity contribution in [2.75, 3.05) is 16.9 Å². The van der Waals surface area contributed by atoms with Crippen LogP contribution in [0.4, 0.5) is 5.69 Å². The minimum atomic E-state index is -0.512. The quantitative estimate of drug-likeness (QED) is 0.435. The van der Waals surface area contributed by atoms with Crippen molar-refractivity contribution in [3.63, 3.8) is 0 Å². The Bertz CT molecular complexity index is 819. The van der Waals surface area contributed by atoms with Crippen LogP contribution < -0.4 is 16.7 Å². The van der Waals surface area contributed by atoms with Gasteiger partial charge in [-0.1, -0.05) is 11.8 Å². The molecule has 0 saturated carbocycles. The van der Waals surface area contributed by atoms with Gasteiger partial charge in [0.2, 0.25) is 11.1 Å². The summed E-state index contributed by atoms with van der Waals surface area (Å²) in [4.78, 5) is 35.0. The van der Waals surface area contributed by atoms with E-state index in [2.05, 4.69) is 15.5 Å². The van der Waals surface area contributed by atoms with Crippen LogP contribution in [-0.2, 0) is 9.53 Å². The zero-order valence-corrected chi connectivity index (χ0v) is 14.4. The molecule has 0 aliphatic heterocycles. The number of benzene rings is 1. The Balaban J connectivity index is 1.91. The molecule has 1 amide bonds. The number of carbonyl (C=O) groups is 2. The van der Waals surface area contributed by atoms with E-state index in [-0.39, 0.29) is 22.9 Å². The second-order valence-corrected chi connectivity index (χ2v) is 6.15. The number of carbonyl (C=O) groups excluding carboxylic acids is 2. The van der Waals surface area contributed by atoms with Crippen molar-refractivity contribution >= 4 is 29.3 Å². The predicted octanol–water partition coefficient (Wildman–Crippen LogP) is 0.648. The van der Waals surface area contributed by atoms with Crippen molar-refractivity contribution in [2.45, 2.75) is 25.1 Å². The van der Waals surface area contributed by atoms with Crippen molar-refractivity contribution in [1.29, 1.82) is 0 Å². The Morgan fingerprint density at radius 2 is 2.00 bits per heavy atom. The van der Waals surface area contributed by atoms with Gasteiger partial charge in [0, 0.05) is 5.69 Å². The van der Waals surface area contributed by atoms with Gasteiger partial charge in [-0.25, -0.2) is 4.79 Å². The summed E-state index contributed by atoms with van der Waals surface area (Å²) in [7, 11) is 0. The first-order chi connectivity index (χ1) is 11.9. The van der Waals surface area contributed by atoms with Crippen LogP contribution in [0.25, 0.3) is 0 Å². The Morgan fingerprint density at radius 1 is 1.32 bits per heavy atom. The number of amides is 1. The van der Waals surface area contributed by atoms with E-state index < -0.39 is 11.5 Å². The van der Waals surface area contributed by atoms with Crippen LogP contribution in [0.5, 0.6) is 0 Å². The van der Waals surface area contributed by atoms with Gasteiger partial charge in [-0.05, 0) is 38.1 Å². The van der Waals surface area contributed by atoms with Crippen LogP contribution in [0.15, 0.2) is 40.4 Å². The van der Waals surface area contributed by atoms with Gasteiger partial charge in [-0.2, -0.15) is 9.77 Å². The van der Waals surface area contributed by atoms with Gasteiger partial charge in [0.1, 0.15) is 6.20 Å². The van der Waals surface area contributed by atoms with Crippen LogP contribution >= 0.6 is 11.8 Å². The summed E-state index contributed by atoms with van der Waals surface area (Å²) in [6, 6.07) is 6.32. The highest BCUT2D eigenvalue weighted by atomic mass is 32.2. The molecule has 0 aliphatic carbocycles. The number of hydrogen-bond donors (Lipinski definition) is 2. The lowest BCUT2D eigenvalue weighted by Crippen LogP contribution is -2.30. The molecule has 0 unspecified atom stereocenters. The summed E-state index contributed by atoms with van der Waals surface area (Å²) in [6.07, 6.45) is 0.778. The molecule has 0 aliphatic rings. The highest BCUT2D eigenvalue weighted by Crippen LogP contribution is 2.14. The average molecular weight is 363 g/mol. The van der Waals surface area contributed by atoms with Crippen molar-refractivity contribution in [2.24, 2.45) is 0 Å². The molecule has 1 heterocycles. The molecular formula is C15H17N5O4S. The molecule has 25 heavy (non-hydrogen) atoms. The molecule has 1 aromatic heterocycles. The minimum absolute atomic E-state index is 0.00746. The number of nitrogens with two attached hydrogens (primary N) is 1. The Morgan fingerprint density at radius 3 is 2.64 bits per heavy atom. The molecule has 0 fully saturated rings. The van der Waals surface area contributed by atoms with Gasteiger partial charge in [0.05, 0.1) is 17.4 Å². The maximum absolute atomic E-state index is 11.9. The van der Waals surface area contributed by atoms with Crippen LogP contribution in [0.1, 0.15) is 24.2 Å².